The SMILES string of the molecule is N#CCCN(CCC#N)C(=O)/C=C/c1ccccc1[N+](=O)[O-]. The lowest BCUT2D eigenvalue weighted by Crippen LogP contribution is -2.31. The van der Waals surface area contributed by atoms with Gasteiger partial charge in [-0.2, -0.15) is 10.5 Å². The Morgan fingerprint density at radius 1 is 1.23 bits per heavy atom. The summed E-state index contributed by atoms with van der Waals surface area (Å²) in [5, 5.41) is 28.1. The summed E-state index contributed by atoms with van der Waals surface area (Å²) in [6.07, 6.45) is 2.91. The zero-order valence-corrected chi connectivity index (χ0v) is 11.8. The molecule has 0 fully saturated rings. The first-order valence-corrected chi connectivity index (χ1v) is 6.54. The minimum Gasteiger partial charge on any atom is -0.337 e. The molecule has 0 aliphatic carbocycles. The van der Waals surface area contributed by atoms with Crippen LogP contribution in [0.3, 0.4) is 0 Å². The second kappa shape index (κ2) is 8.88. The fourth-order valence-corrected chi connectivity index (χ4v) is 1.76. The molecule has 0 saturated heterocycles. The van der Waals surface area contributed by atoms with Crippen molar-refractivity contribution in [1.29, 1.82) is 10.5 Å². The van der Waals surface area contributed by atoms with E-state index in [1.54, 1.807) is 12.1 Å². The molecule has 0 bridgehead atoms. The van der Waals surface area contributed by atoms with E-state index in [9.17, 15) is 14.9 Å². The minimum atomic E-state index is -0.521. The minimum absolute atomic E-state index is 0.0906. The standard InChI is InChI=1S/C15H14N4O3/c16-9-3-11-18(12-4-10-17)15(20)8-7-13-5-1-2-6-14(13)19(21)22/h1-2,5-8H,3-4,11-12H2/b8-7+. The van der Waals surface area contributed by atoms with Gasteiger partial charge in [0.1, 0.15) is 0 Å². The highest BCUT2D eigenvalue weighted by Gasteiger charge is 2.12. The third-order valence-electron chi connectivity index (χ3n) is 2.84. The Kier molecular flexibility index (Phi) is 6.80. The molecule has 112 valence electrons. The monoisotopic (exact) mass is 298 g/mol. The van der Waals surface area contributed by atoms with Gasteiger partial charge in [0.25, 0.3) is 5.69 Å². The molecule has 22 heavy (non-hydrogen) atoms. The normalized spacial score (nSPS) is 9.91. The van der Waals surface area contributed by atoms with Crippen LogP contribution >= 0.6 is 0 Å². The van der Waals surface area contributed by atoms with E-state index < -0.39 is 4.92 Å². The van der Waals surface area contributed by atoms with Crippen molar-refractivity contribution < 1.29 is 9.72 Å². The molecular weight excluding hydrogens is 284 g/mol. The Morgan fingerprint density at radius 3 is 2.36 bits per heavy atom. The largest absolute Gasteiger partial charge is 0.337 e. The van der Waals surface area contributed by atoms with E-state index in [4.69, 9.17) is 10.5 Å². The van der Waals surface area contributed by atoms with Crippen molar-refractivity contribution in [3.8, 4) is 12.1 Å². The summed E-state index contributed by atoms with van der Waals surface area (Å²) in [5.41, 5.74) is 0.230. The van der Waals surface area contributed by atoms with E-state index in [1.807, 2.05) is 12.1 Å². The van der Waals surface area contributed by atoms with E-state index in [2.05, 4.69) is 0 Å². The number of nitro benzene ring substituents is 1. The van der Waals surface area contributed by atoms with E-state index >= 15 is 0 Å². The Hall–Kier alpha value is -3.19. The molecule has 7 nitrogen and oxygen atoms in total. The van der Waals surface area contributed by atoms with Gasteiger partial charge in [0, 0.05) is 25.2 Å². The van der Waals surface area contributed by atoms with Crippen molar-refractivity contribution in [2.75, 3.05) is 13.1 Å². The van der Waals surface area contributed by atoms with Crippen LogP contribution in [0.1, 0.15) is 18.4 Å². The van der Waals surface area contributed by atoms with Crippen LogP contribution in [0.15, 0.2) is 30.3 Å². The van der Waals surface area contributed by atoms with Crippen LogP contribution in [0.5, 0.6) is 0 Å². The van der Waals surface area contributed by atoms with Gasteiger partial charge in [-0.3, -0.25) is 14.9 Å². The number of amides is 1. The first kappa shape index (κ1) is 16.9. The summed E-state index contributed by atoms with van der Waals surface area (Å²) >= 11 is 0. The van der Waals surface area contributed by atoms with Crippen molar-refractivity contribution in [2.24, 2.45) is 0 Å². The van der Waals surface area contributed by atoms with Crippen LogP contribution < -0.4 is 0 Å². The topological polar surface area (TPSA) is 111 Å². The van der Waals surface area contributed by atoms with Crippen molar-refractivity contribution in [3.63, 3.8) is 0 Å². The number of para-hydroxylation sites is 1. The molecule has 1 amide bonds. The highest BCUT2D eigenvalue weighted by molar-refractivity contribution is 5.92. The molecule has 0 saturated carbocycles. The third-order valence-corrected chi connectivity index (χ3v) is 2.84. The molecule has 0 N–H and O–H groups in total. The van der Waals surface area contributed by atoms with Gasteiger partial charge in [0.2, 0.25) is 5.91 Å². The number of hydrogen-bond acceptors (Lipinski definition) is 5. The predicted molar refractivity (Wildman–Crippen MR) is 79.2 cm³/mol. The van der Waals surface area contributed by atoms with Crippen LogP contribution in [0.4, 0.5) is 5.69 Å². The Morgan fingerprint density at radius 2 is 1.82 bits per heavy atom. The molecule has 0 aromatic heterocycles. The lowest BCUT2D eigenvalue weighted by atomic mass is 10.1. The van der Waals surface area contributed by atoms with Gasteiger partial charge in [-0.25, -0.2) is 0 Å². The number of nitriles is 2. The summed E-state index contributed by atoms with van der Waals surface area (Å²) in [6, 6.07) is 9.95. The number of hydrogen-bond donors (Lipinski definition) is 0. The van der Waals surface area contributed by atoms with Gasteiger partial charge in [0.15, 0.2) is 0 Å². The molecule has 1 aromatic rings. The molecule has 0 spiro atoms. The van der Waals surface area contributed by atoms with Crippen LogP contribution in [-0.2, 0) is 4.79 Å². The first-order chi connectivity index (χ1) is 10.6. The summed E-state index contributed by atoms with van der Waals surface area (Å²) in [6.45, 7) is 0.441. The summed E-state index contributed by atoms with van der Waals surface area (Å²) < 4.78 is 0. The molecule has 7 heteroatoms. The highest BCUT2D eigenvalue weighted by atomic mass is 16.6. The number of nitrogens with zero attached hydrogens (tertiary/aromatic N) is 4. The van der Waals surface area contributed by atoms with E-state index in [-0.39, 0.29) is 37.5 Å². The number of nitro groups is 1. The molecule has 1 aromatic carbocycles. The quantitative estimate of drug-likeness (QED) is 0.435. The Balaban J connectivity index is 2.86. The Labute approximate surface area is 127 Å². The lowest BCUT2D eigenvalue weighted by Gasteiger charge is -2.18. The van der Waals surface area contributed by atoms with Crippen molar-refractivity contribution in [3.05, 3.63) is 46.0 Å². The number of carbonyl (C=O) groups excluding carboxylic acids is 1. The summed E-state index contributed by atoms with van der Waals surface area (Å²) in [5.74, 6) is -0.386. The second-order valence-corrected chi connectivity index (χ2v) is 4.29. The maximum absolute atomic E-state index is 12.1. The molecule has 0 atom stereocenters. The molecule has 0 aliphatic rings. The lowest BCUT2D eigenvalue weighted by molar-refractivity contribution is -0.385. The van der Waals surface area contributed by atoms with Gasteiger partial charge in [-0.1, -0.05) is 12.1 Å². The highest BCUT2D eigenvalue weighted by Crippen LogP contribution is 2.19. The maximum Gasteiger partial charge on any atom is 0.276 e. The van der Waals surface area contributed by atoms with Crippen LogP contribution in [0.25, 0.3) is 6.08 Å². The van der Waals surface area contributed by atoms with Crippen molar-refractivity contribution in [2.45, 2.75) is 12.8 Å². The average Bonchev–Trinajstić information content (AvgIpc) is 2.53. The van der Waals surface area contributed by atoms with Gasteiger partial charge >= 0.3 is 0 Å². The number of benzene rings is 1. The smallest absolute Gasteiger partial charge is 0.276 e. The third kappa shape index (κ3) is 5.06. The molecule has 0 radical (unpaired) electrons. The average molecular weight is 298 g/mol. The Bertz CT molecular complexity index is 637. The molecule has 0 unspecified atom stereocenters. The molecule has 0 heterocycles. The van der Waals surface area contributed by atoms with Crippen molar-refractivity contribution in [1.82, 2.24) is 4.90 Å². The van der Waals surface area contributed by atoms with Gasteiger partial charge in [0.05, 0.1) is 35.5 Å². The fourth-order valence-electron chi connectivity index (χ4n) is 1.76. The zero-order chi connectivity index (χ0) is 16.4. The van der Waals surface area contributed by atoms with Gasteiger partial charge < -0.3 is 4.90 Å². The van der Waals surface area contributed by atoms with Gasteiger partial charge in [-0.15, -0.1) is 0 Å². The van der Waals surface area contributed by atoms with E-state index in [0.29, 0.717) is 5.56 Å². The molecule has 1 rings (SSSR count). The number of carbonyl (C=O) groups is 1. The van der Waals surface area contributed by atoms with E-state index in [0.717, 1.165) is 0 Å². The summed E-state index contributed by atoms with van der Waals surface area (Å²) in [4.78, 5) is 23.8. The van der Waals surface area contributed by atoms with E-state index in [1.165, 1.54) is 29.2 Å². The molecular formula is C15H14N4O3. The zero-order valence-electron chi connectivity index (χ0n) is 11.8. The molecule has 0 aliphatic heterocycles. The fraction of sp³-hybridized carbons (Fsp3) is 0.267. The first-order valence-electron chi connectivity index (χ1n) is 6.54. The van der Waals surface area contributed by atoms with Crippen LogP contribution in [-0.4, -0.2) is 28.8 Å². The second-order valence-electron chi connectivity index (χ2n) is 4.29. The van der Waals surface area contributed by atoms with Crippen LogP contribution in [0.2, 0.25) is 0 Å². The van der Waals surface area contributed by atoms with Crippen molar-refractivity contribution >= 4 is 17.7 Å². The van der Waals surface area contributed by atoms with Crippen LogP contribution in [0, 0.1) is 32.8 Å². The number of rotatable bonds is 7. The summed E-state index contributed by atoms with van der Waals surface area (Å²) in [7, 11) is 0. The van der Waals surface area contributed by atoms with Gasteiger partial charge in [-0.05, 0) is 12.1 Å². The maximum atomic E-state index is 12.1. The predicted octanol–water partition coefficient (Wildman–Crippen LogP) is 2.26.